The van der Waals surface area contributed by atoms with Gasteiger partial charge >= 0.3 is 6.03 Å². The zero-order valence-corrected chi connectivity index (χ0v) is 14.0. The van der Waals surface area contributed by atoms with E-state index < -0.39 is 17.8 Å². The molecule has 6 nitrogen and oxygen atoms in total. The third-order valence-corrected chi connectivity index (χ3v) is 4.02. The van der Waals surface area contributed by atoms with Crippen molar-refractivity contribution in [2.45, 2.75) is 13.8 Å². The number of likely N-dealkylation sites (N-methyl/N-ethyl adjacent to an activating group) is 1. The van der Waals surface area contributed by atoms with Crippen LogP contribution >= 0.6 is 0 Å². The van der Waals surface area contributed by atoms with Crippen molar-refractivity contribution in [2.24, 2.45) is 0 Å². The van der Waals surface area contributed by atoms with Gasteiger partial charge in [0.15, 0.2) is 0 Å². The zero-order chi connectivity index (χ0) is 18.0. The maximum Gasteiger partial charge on any atom is 0.331 e. The number of carbonyl (C=O) groups excluding carboxylic acids is 3. The first-order valence-corrected chi connectivity index (χ1v) is 8.10. The van der Waals surface area contributed by atoms with Crippen LogP contribution in [0.25, 0.3) is 16.8 Å². The van der Waals surface area contributed by atoms with E-state index in [1.807, 2.05) is 37.3 Å². The number of hydrogen-bond acceptors (Lipinski definition) is 4. The molecule has 1 aliphatic heterocycles. The Morgan fingerprint density at radius 2 is 1.76 bits per heavy atom. The van der Waals surface area contributed by atoms with Gasteiger partial charge in [-0.25, -0.2) is 4.79 Å². The molecule has 0 aliphatic carbocycles. The normalized spacial score (nSPS) is 16.5. The first-order chi connectivity index (χ1) is 12.1. The summed E-state index contributed by atoms with van der Waals surface area (Å²) in [6, 6.07) is 10.5. The van der Waals surface area contributed by atoms with Crippen LogP contribution in [-0.4, -0.2) is 35.9 Å². The first kappa shape index (κ1) is 16.7. The van der Waals surface area contributed by atoms with Crippen LogP contribution in [0.1, 0.15) is 19.4 Å². The minimum Gasteiger partial charge on any atom is -0.493 e. The first-order valence-electron chi connectivity index (χ1n) is 8.10. The fourth-order valence-corrected chi connectivity index (χ4v) is 2.84. The summed E-state index contributed by atoms with van der Waals surface area (Å²) in [6.45, 7) is 4.32. The molecule has 1 N–H and O–H groups in total. The van der Waals surface area contributed by atoms with Crippen LogP contribution in [0.4, 0.5) is 4.79 Å². The Balaban J connectivity index is 2.12. The molecule has 0 atom stereocenters. The molecule has 128 valence electrons. The van der Waals surface area contributed by atoms with Crippen molar-refractivity contribution < 1.29 is 19.1 Å². The second-order valence-corrected chi connectivity index (χ2v) is 5.50. The molecule has 0 saturated carbocycles. The van der Waals surface area contributed by atoms with Gasteiger partial charge in [0, 0.05) is 11.9 Å². The Morgan fingerprint density at radius 3 is 2.44 bits per heavy atom. The van der Waals surface area contributed by atoms with E-state index in [9.17, 15) is 14.4 Å². The number of carbonyl (C=O) groups is 3. The number of barbiturate groups is 1. The number of nitrogens with zero attached hydrogens (tertiary/aromatic N) is 1. The number of rotatable bonds is 4. The number of ether oxygens (including phenoxy) is 1. The number of benzene rings is 2. The van der Waals surface area contributed by atoms with Crippen molar-refractivity contribution >= 4 is 34.7 Å². The molecule has 0 aromatic heterocycles. The van der Waals surface area contributed by atoms with Gasteiger partial charge in [-0.2, -0.15) is 0 Å². The van der Waals surface area contributed by atoms with Crippen molar-refractivity contribution in [3.63, 3.8) is 0 Å². The summed E-state index contributed by atoms with van der Waals surface area (Å²) in [4.78, 5) is 37.3. The van der Waals surface area contributed by atoms with Gasteiger partial charge in [0.05, 0.1) is 6.61 Å². The molecule has 2 aromatic carbocycles. The van der Waals surface area contributed by atoms with E-state index in [1.54, 1.807) is 13.0 Å². The van der Waals surface area contributed by atoms with E-state index in [-0.39, 0.29) is 12.1 Å². The van der Waals surface area contributed by atoms with E-state index in [1.165, 1.54) is 6.08 Å². The van der Waals surface area contributed by atoms with E-state index in [2.05, 4.69) is 5.32 Å². The monoisotopic (exact) mass is 338 g/mol. The predicted octanol–water partition coefficient (Wildman–Crippen LogP) is 2.72. The maximum absolute atomic E-state index is 12.4. The van der Waals surface area contributed by atoms with Crippen molar-refractivity contribution in [3.8, 4) is 5.75 Å². The highest BCUT2D eigenvalue weighted by atomic mass is 16.5. The smallest absolute Gasteiger partial charge is 0.331 e. The molecule has 0 bridgehead atoms. The summed E-state index contributed by atoms with van der Waals surface area (Å²) < 4.78 is 5.64. The molecule has 0 radical (unpaired) electrons. The number of hydrogen-bond donors (Lipinski definition) is 1. The van der Waals surface area contributed by atoms with Crippen LogP contribution in [0.5, 0.6) is 5.75 Å². The molecule has 6 heteroatoms. The molecule has 3 rings (SSSR count). The van der Waals surface area contributed by atoms with Gasteiger partial charge in [-0.3, -0.25) is 19.8 Å². The maximum atomic E-state index is 12.4. The topological polar surface area (TPSA) is 75.7 Å². The summed E-state index contributed by atoms with van der Waals surface area (Å²) in [5, 5.41) is 3.95. The quantitative estimate of drug-likeness (QED) is 0.687. The lowest BCUT2D eigenvalue weighted by Gasteiger charge is -2.25. The Bertz CT molecular complexity index is 901. The summed E-state index contributed by atoms with van der Waals surface area (Å²) in [6.07, 6.45) is 1.52. The fraction of sp³-hybridized carbons (Fsp3) is 0.211. The molecule has 1 aliphatic rings. The zero-order valence-electron chi connectivity index (χ0n) is 14.0. The molecule has 1 heterocycles. The average molecular weight is 338 g/mol. The molecule has 1 saturated heterocycles. The van der Waals surface area contributed by atoms with Gasteiger partial charge in [0.1, 0.15) is 11.3 Å². The third-order valence-electron chi connectivity index (χ3n) is 4.02. The van der Waals surface area contributed by atoms with Crippen molar-refractivity contribution in [1.29, 1.82) is 0 Å². The van der Waals surface area contributed by atoms with E-state index in [4.69, 9.17) is 4.74 Å². The lowest BCUT2D eigenvalue weighted by molar-refractivity contribution is -0.129. The second-order valence-electron chi connectivity index (χ2n) is 5.50. The van der Waals surface area contributed by atoms with Crippen LogP contribution < -0.4 is 10.1 Å². The Kier molecular flexibility index (Phi) is 4.52. The molecule has 0 unspecified atom stereocenters. The fourth-order valence-electron chi connectivity index (χ4n) is 2.84. The molecule has 2 aromatic rings. The second kappa shape index (κ2) is 6.76. The van der Waals surface area contributed by atoms with Crippen LogP contribution in [0, 0.1) is 0 Å². The average Bonchev–Trinajstić information content (AvgIpc) is 2.60. The van der Waals surface area contributed by atoms with Gasteiger partial charge in [0.25, 0.3) is 11.8 Å². The lowest BCUT2D eigenvalue weighted by Crippen LogP contribution is -2.53. The SMILES string of the molecule is CCOc1ccc(/C=C2\C(=O)NC(=O)N(CC)C2=O)c2ccccc12. The van der Waals surface area contributed by atoms with Crippen molar-refractivity contribution in [3.05, 3.63) is 47.5 Å². The Morgan fingerprint density at radius 1 is 1.04 bits per heavy atom. The predicted molar refractivity (Wildman–Crippen MR) is 94.0 cm³/mol. The number of amides is 4. The molecule has 25 heavy (non-hydrogen) atoms. The highest BCUT2D eigenvalue weighted by Gasteiger charge is 2.34. The summed E-state index contributed by atoms with van der Waals surface area (Å²) in [5.74, 6) is -0.531. The summed E-state index contributed by atoms with van der Waals surface area (Å²) in [7, 11) is 0. The molecule has 0 spiro atoms. The third kappa shape index (κ3) is 2.98. The molecule has 1 fully saturated rings. The summed E-state index contributed by atoms with van der Waals surface area (Å²) >= 11 is 0. The van der Waals surface area contributed by atoms with Gasteiger partial charge < -0.3 is 4.74 Å². The minimum atomic E-state index is -0.689. The minimum absolute atomic E-state index is 0.0595. The van der Waals surface area contributed by atoms with Crippen LogP contribution in [0.3, 0.4) is 0 Å². The lowest BCUT2D eigenvalue weighted by atomic mass is 10.00. The largest absolute Gasteiger partial charge is 0.493 e. The number of nitrogens with one attached hydrogen (secondary N) is 1. The van der Waals surface area contributed by atoms with Crippen molar-refractivity contribution in [2.75, 3.05) is 13.2 Å². The van der Waals surface area contributed by atoms with Gasteiger partial charge in [-0.15, -0.1) is 0 Å². The van der Waals surface area contributed by atoms with Crippen molar-refractivity contribution in [1.82, 2.24) is 10.2 Å². The van der Waals surface area contributed by atoms with Crippen LogP contribution in [-0.2, 0) is 9.59 Å². The standard InChI is InChI=1S/C19H18N2O4/c1-3-21-18(23)15(17(22)20-19(21)24)11-12-9-10-16(25-4-2)14-8-6-5-7-13(12)14/h5-11H,3-4H2,1-2H3,(H,20,22,24)/b15-11+. The highest BCUT2D eigenvalue weighted by Crippen LogP contribution is 2.30. The number of urea groups is 1. The number of fused-ring (bicyclic) bond motifs is 1. The van der Waals surface area contributed by atoms with Gasteiger partial charge in [-0.1, -0.05) is 30.3 Å². The molecule has 4 amide bonds. The van der Waals surface area contributed by atoms with E-state index >= 15 is 0 Å². The van der Waals surface area contributed by atoms with Gasteiger partial charge in [-0.05, 0) is 36.9 Å². The molecular formula is C19H18N2O4. The highest BCUT2D eigenvalue weighted by molar-refractivity contribution is 6.31. The van der Waals surface area contributed by atoms with E-state index in [0.29, 0.717) is 12.2 Å². The Hall–Kier alpha value is -3.15. The van der Waals surface area contributed by atoms with Crippen LogP contribution in [0.15, 0.2) is 42.0 Å². The summed E-state index contributed by atoms with van der Waals surface area (Å²) in [5.41, 5.74) is 0.652. The van der Waals surface area contributed by atoms with Gasteiger partial charge in [0.2, 0.25) is 0 Å². The Labute approximate surface area is 145 Å². The van der Waals surface area contributed by atoms with Crippen LogP contribution in [0.2, 0.25) is 0 Å². The van der Waals surface area contributed by atoms with E-state index in [0.717, 1.165) is 21.4 Å². The number of imide groups is 2. The molecular weight excluding hydrogens is 320 g/mol.